The molecule has 4 heteroatoms. The van der Waals surface area contributed by atoms with Crippen molar-refractivity contribution < 1.29 is 15.0 Å². The van der Waals surface area contributed by atoms with Gasteiger partial charge in [-0.1, -0.05) is 19.1 Å². The van der Waals surface area contributed by atoms with E-state index in [0.29, 0.717) is 17.4 Å². The lowest BCUT2D eigenvalue weighted by Gasteiger charge is -2.65. The molecule has 4 nitrogen and oxygen atoms in total. The number of allylic oxidation sites excluding steroid dienone is 2. The Hall–Kier alpha value is -1.81. The Morgan fingerprint density at radius 3 is 2.92 bits per heavy atom. The summed E-state index contributed by atoms with van der Waals surface area (Å²) >= 11 is 0. The Morgan fingerprint density at radius 1 is 1.32 bits per heavy atom. The molecule has 0 amide bonds. The molecule has 1 aromatic heterocycles. The first-order valence-electron chi connectivity index (χ1n) is 9.48. The number of H-pyrrole nitrogens is 1. The number of rotatable bonds is 1. The number of carboxylic acids is 1. The number of aliphatic hydroxyl groups excluding tert-OH is 1. The van der Waals surface area contributed by atoms with Crippen LogP contribution in [0.3, 0.4) is 0 Å². The number of carbonyl (C=O) groups is 1. The summed E-state index contributed by atoms with van der Waals surface area (Å²) in [5.41, 5.74) is 2.92. The summed E-state index contributed by atoms with van der Waals surface area (Å²) in [4.78, 5) is 15.6. The minimum absolute atomic E-state index is 0.0199. The highest BCUT2D eigenvalue weighted by Crippen LogP contribution is 2.82. The summed E-state index contributed by atoms with van der Waals surface area (Å²) in [6.45, 7) is 2.38. The molecule has 1 spiro atoms. The van der Waals surface area contributed by atoms with Crippen molar-refractivity contribution in [2.45, 2.75) is 50.5 Å². The normalized spacial score (nSPS) is 48.5. The number of hydrogen-bond donors (Lipinski definition) is 3. The lowest BCUT2D eigenvalue weighted by Crippen LogP contribution is -2.65. The fourth-order valence-electron chi connectivity index (χ4n) is 8.26. The van der Waals surface area contributed by atoms with E-state index in [1.807, 2.05) is 6.20 Å². The Kier molecular flexibility index (Phi) is 2.27. The molecule has 130 valence electrons. The molecule has 5 aliphatic carbocycles. The number of carboxylic acid groups (broad SMARTS) is 1. The molecule has 6 rings (SSSR count). The quantitative estimate of drug-likeness (QED) is 0.690. The largest absolute Gasteiger partial charge is 0.478 e. The van der Waals surface area contributed by atoms with E-state index < -0.39 is 17.5 Å². The second kappa shape index (κ2) is 3.96. The molecule has 2 bridgehead atoms. The smallest absolute Gasteiger partial charge is 0.334 e. The zero-order valence-corrected chi connectivity index (χ0v) is 14.4. The van der Waals surface area contributed by atoms with Crippen LogP contribution in [0.4, 0.5) is 0 Å². The van der Waals surface area contributed by atoms with E-state index in [2.05, 4.69) is 30.1 Å². The molecule has 3 N–H and O–H groups in total. The third-order valence-corrected chi connectivity index (χ3v) is 8.74. The first-order chi connectivity index (χ1) is 12.0. The average molecular weight is 337 g/mol. The highest BCUT2D eigenvalue weighted by Gasteiger charge is 2.80. The van der Waals surface area contributed by atoms with Crippen molar-refractivity contribution >= 4 is 5.97 Å². The van der Waals surface area contributed by atoms with Gasteiger partial charge in [-0.15, -0.1) is 0 Å². The van der Waals surface area contributed by atoms with Crippen LogP contribution >= 0.6 is 0 Å². The molecule has 0 aromatic carbocycles. The maximum atomic E-state index is 12.2. The van der Waals surface area contributed by atoms with Crippen molar-refractivity contribution in [1.29, 1.82) is 0 Å². The van der Waals surface area contributed by atoms with E-state index in [1.54, 1.807) is 0 Å². The van der Waals surface area contributed by atoms with Gasteiger partial charge in [-0.2, -0.15) is 0 Å². The Balaban J connectivity index is 1.82. The summed E-state index contributed by atoms with van der Waals surface area (Å²) in [6.07, 6.45) is 10.6. The Morgan fingerprint density at radius 2 is 2.12 bits per heavy atom. The number of aliphatic carboxylic acids is 1. The number of fused-ring (bicyclic) bond motifs is 1. The van der Waals surface area contributed by atoms with Gasteiger partial charge in [0.25, 0.3) is 0 Å². The van der Waals surface area contributed by atoms with Gasteiger partial charge in [0, 0.05) is 17.3 Å². The van der Waals surface area contributed by atoms with Gasteiger partial charge in [-0.25, -0.2) is 4.79 Å². The fraction of sp³-hybridized carbons (Fsp3) is 0.571. The van der Waals surface area contributed by atoms with Crippen LogP contribution in [-0.4, -0.2) is 27.3 Å². The van der Waals surface area contributed by atoms with E-state index in [1.165, 1.54) is 12.1 Å². The molecule has 25 heavy (non-hydrogen) atoms. The van der Waals surface area contributed by atoms with Crippen LogP contribution in [0.2, 0.25) is 0 Å². The monoisotopic (exact) mass is 337 g/mol. The average Bonchev–Trinajstić information content (AvgIpc) is 3.13. The van der Waals surface area contributed by atoms with E-state index in [9.17, 15) is 15.0 Å². The zero-order chi connectivity index (χ0) is 17.2. The van der Waals surface area contributed by atoms with Crippen LogP contribution in [0.25, 0.3) is 0 Å². The summed E-state index contributed by atoms with van der Waals surface area (Å²) in [5, 5.41) is 21.5. The maximum Gasteiger partial charge on any atom is 0.334 e. The standard InChI is InChI=1S/C21H23NO3/c1-19-10-15-13(6-8-22-15)20-7-2-3-11-4-5-12(19)9-14(21(11,19)20)16(17(20)23)18(24)25/h2,6-8,11-12,17,22-23H,3-5,9-10H2,1H3,(H,24,25)/t11-,12-,17+,19+,20-,21-/m1/s1. The van der Waals surface area contributed by atoms with Crippen molar-refractivity contribution in [2.24, 2.45) is 22.7 Å². The Labute approximate surface area is 146 Å². The van der Waals surface area contributed by atoms with Gasteiger partial charge in [0.2, 0.25) is 0 Å². The second-order valence-electron chi connectivity index (χ2n) is 9.05. The molecule has 1 heterocycles. The molecule has 5 aliphatic rings. The SMILES string of the molecule is C[C@]12Cc3[nH]ccc3[C@]34C=CC[C@@H]5CC[C@@H]1CC(=C(C(=O)O)[C@@H]3O)[C@]524. The van der Waals surface area contributed by atoms with Crippen molar-refractivity contribution in [1.82, 2.24) is 4.98 Å². The van der Waals surface area contributed by atoms with Gasteiger partial charge in [0.1, 0.15) is 6.10 Å². The number of aliphatic hydroxyl groups is 1. The van der Waals surface area contributed by atoms with Crippen LogP contribution in [0.1, 0.15) is 43.9 Å². The van der Waals surface area contributed by atoms with Crippen LogP contribution < -0.4 is 0 Å². The van der Waals surface area contributed by atoms with Crippen molar-refractivity contribution in [3.8, 4) is 0 Å². The lowest BCUT2D eigenvalue weighted by molar-refractivity contribution is -0.135. The second-order valence-corrected chi connectivity index (χ2v) is 9.05. The van der Waals surface area contributed by atoms with E-state index in [0.717, 1.165) is 36.8 Å². The van der Waals surface area contributed by atoms with Crippen molar-refractivity contribution in [3.63, 3.8) is 0 Å². The summed E-state index contributed by atoms with van der Waals surface area (Å²) in [7, 11) is 0. The first-order valence-corrected chi connectivity index (χ1v) is 9.48. The molecule has 0 aliphatic heterocycles. The minimum Gasteiger partial charge on any atom is -0.478 e. The number of nitrogens with one attached hydrogen (secondary N) is 1. The topological polar surface area (TPSA) is 73.3 Å². The third kappa shape index (κ3) is 1.14. The van der Waals surface area contributed by atoms with Crippen LogP contribution in [-0.2, 0) is 16.6 Å². The third-order valence-electron chi connectivity index (χ3n) is 8.74. The maximum absolute atomic E-state index is 12.2. The van der Waals surface area contributed by atoms with Gasteiger partial charge in [0.15, 0.2) is 0 Å². The predicted octanol–water partition coefficient (Wildman–Crippen LogP) is 2.95. The van der Waals surface area contributed by atoms with E-state index in [-0.39, 0.29) is 10.8 Å². The van der Waals surface area contributed by atoms with Gasteiger partial charge >= 0.3 is 5.97 Å². The highest BCUT2D eigenvalue weighted by molar-refractivity contribution is 5.92. The molecule has 2 saturated carbocycles. The highest BCUT2D eigenvalue weighted by atomic mass is 16.4. The number of aromatic amines is 1. The molecule has 0 unspecified atom stereocenters. The molecule has 0 saturated heterocycles. The number of hydrogen-bond acceptors (Lipinski definition) is 2. The summed E-state index contributed by atoms with van der Waals surface area (Å²) in [6, 6.07) is 2.09. The molecule has 0 radical (unpaired) electrons. The predicted molar refractivity (Wildman–Crippen MR) is 92.0 cm³/mol. The summed E-state index contributed by atoms with van der Waals surface area (Å²) in [5.74, 6) is 0.0282. The van der Waals surface area contributed by atoms with Gasteiger partial charge < -0.3 is 15.2 Å². The lowest BCUT2D eigenvalue weighted by atomic mass is 9.37. The summed E-state index contributed by atoms with van der Waals surface area (Å²) < 4.78 is 0. The number of aromatic nitrogens is 1. The van der Waals surface area contributed by atoms with Gasteiger partial charge in [-0.05, 0) is 66.6 Å². The van der Waals surface area contributed by atoms with Crippen molar-refractivity contribution in [2.75, 3.05) is 0 Å². The van der Waals surface area contributed by atoms with Crippen molar-refractivity contribution in [3.05, 3.63) is 46.8 Å². The molecule has 2 fully saturated rings. The van der Waals surface area contributed by atoms with E-state index >= 15 is 0 Å². The van der Waals surface area contributed by atoms with E-state index in [4.69, 9.17) is 0 Å². The van der Waals surface area contributed by atoms with Crippen LogP contribution in [0, 0.1) is 22.7 Å². The van der Waals surface area contributed by atoms with Gasteiger partial charge in [-0.3, -0.25) is 0 Å². The minimum atomic E-state index is -0.952. The molecule has 1 aromatic rings. The zero-order valence-electron chi connectivity index (χ0n) is 14.4. The van der Waals surface area contributed by atoms with Crippen LogP contribution in [0.5, 0.6) is 0 Å². The fourth-order valence-corrected chi connectivity index (χ4v) is 8.26. The molecular formula is C21H23NO3. The van der Waals surface area contributed by atoms with Gasteiger partial charge in [0.05, 0.1) is 11.0 Å². The molecule has 6 atom stereocenters. The first kappa shape index (κ1) is 14.4. The molecular weight excluding hydrogens is 314 g/mol. The Bertz CT molecular complexity index is 895. The van der Waals surface area contributed by atoms with Crippen LogP contribution in [0.15, 0.2) is 35.6 Å².